The number of carbonyl (C=O) groups is 1. The summed E-state index contributed by atoms with van der Waals surface area (Å²) in [5.41, 5.74) is 10.3. The van der Waals surface area contributed by atoms with E-state index in [1.165, 1.54) is 0 Å². The third-order valence-corrected chi connectivity index (χ3v) is 4.38. The largest absolute Gasteiger partial charge is 0.271 e. The van der Waals surface area contributed by atoms with E-state index in [4.69, 9.17) is 23.2 Å². The first-order valence-electron chi connectivity index (χ1n) is 7.32. The summed E-state index contributed by atoms with van der Waals surface area (Å²) in [5, 5.41) is 4.93. The normalized spacial score (nSPS) is 20.4. The summed E-state index contributed by atoms with van der Waals surface area (Å²) in [6.45, 7) is 0. The smallest absolute Gasteiger partial charge is 0.258 e. The lowest BCUT2D eigenvalue weighted by molar-refractivity contribution is -0.122. The highest BCUT2D eigenvalue weighted by atomic mass is 35.5. The van der Waals surface area contributed by atoms with Crippen LogP contribution in [0.25, 0.3) is 0 Å². The standard InChI is InChI=1S/C16H15Cl2N5O/c17-12-4-3-11(6-13(12)18)14-7-15(22-21-14)16(24)23-20-9-10-2-1-5-19-8-10/h1-6,8-9,14-15,21-22H,7H2,(H,23,24)/b20-9-. The van der Waals surface area contributed by atoms with Gasteiger partial charge in [-0.2, -0.15) is 5.10 Å². The lowest BCUT2D eigenvalue weighted by Crippen LogP contribution is -2.41. The molecular weight excluding hydrogens is 349 g/mol. The molecule has 24 heavy (non-hydrogen) atoms. The zero-order chi connectivity index (χ0) is 16.9. The summed E-state index contributed by atoms with van der Waals surface area (Å²) in [5.74, 6) is -0.217. The van der Waals surface area contributed by atoms with Gasteiger partial charge in [0.05, 0.1) is 16.3 Å². The number of nitrogens with zero attached hydrogens (tertiary/aromatic N) is 2. The molecular formula is C16H15Cl2N5O. The number of aromatic nitrogens is 1. The van der Waals surface area contributed by atoms with E-state index in [2.05, 4.69) is 26.4 Å². The number of hydrazine groups is 1. The molecule has 1 fully saturated rings. The van der Waals surface area contributed by atoms with Crippen molar-refractivity contribution >= 4 is 35.3 Å². The van der Waals surface area contributed by atoms with E-state index in [1.807, 2.05) is 12.1 Å². The predicted octanol–water partition coefficient (Wildman–Crippen LogP) is 2.45. The van der Waals surface area contributed by atoms with Gasteiger partial charge in [0.2, 0.25) is 0 Å². The number of hydrogen-bond donors (Lipinski definition) is 3. The Kier molecular flexibility index (Phi) is 5.42. The fourth-order valence-electron chi connectivity index (χ4n) is 2.38. The lowest BCUT2D eigenvalue weighted by atomic mass is 10.0. The Hall–Kier alpha value is -1.99. The van der Waals surface area contributed by atoms with Crippen molar-refractivity contribution in [3.05, 3.63) is 63.9 Å². The third kappa shape index (κ3) is 4.10. The molecule has 1 aliphatic rings. The number of pyridine rings is 1. The predicted molar refractivity (Wildman–Crippen MR) is 93.9 cm³/mol. The molecule has 1 aromatic heterocycles. The third-order valence-electron chi connectivity index (χ3n) is 3.64. The van der Waals surface area contributed by atoms with E-state index in [9.17, 15) is 4.79 Å². The van der Waals surface area contributed by atoms with Crippen LogP contribution in [0.15, 0.2) is 47.8 Å². The highest BCUT2D eigenvalue weighted by Crippen LogP contribution is 2.28. The minimum atomic E-state index is -0.393. The topological polar surface area (TPSA) is 78.4 Å². The Labute approximate surface area is 149 Å². The molecule has 1 aromatic carbocycles. The maximum absolute atomic E-state index is 12.1. The van der Waals surface area contributed by atoms with E-state index in [0.717, 1.165) is 11.1 Å². The van der Waals surface area contributed by atoms with E-state index < -0.39 is 6.04 Å². The number of amides is 1. The molecule has 0 spiro atoms. The summed E-state index contributed by atoms with van der Waals surface area (Å²) in [6.07, 6.45) is 5.45. The molecule has 0 bridgehead atoms. The molecule has 3 N–H and O–H groups in total. The van der Waals surface area contributed by atoms with Crippen molar-refractivity contribution in [1.82, 2.24) is 21.3 Å². The van der Waals surface area contributed by atoms with E-state index >= 15 is 0 Å². The quantitative estimate of drug-likeness (QED) is 0.575. The molecule has 6 nitrogen and oxygen atoms in total. The molecule has 2 atom stereocenters. The van der Waals surface area contributed by atoms with E-state index in [-0.39, 0.29) is 11.9 Å². The monoisotopic (exact) mass is 363 g/mol. The van der Waals surface area contributed by atoms with Crippen LogP contribution >= 0.6 is 23.2 Å². The molecule has 2 heterocycles. The van der Waals surface area contributed by atoms with Crippen LogP contribution < -0.4 is 16.3 Å². The van der Waals surface area contributed by atoms with Crippen LogP contribution in [0.1, 0.15) is 23.6 Å². The van der Waals surface area contributed by atoms with E-state index in [0.29, 0.717) is 16.5 Å². The van der Waals surface area contributed by atoms with Crippen molar-refractivity contribution in [2.24, 2.45) is 5.10 Å². The highest BCUT2D eigenvalue weighted by molar-refractivity contribution is 6.42. The van der Waals surface area contributed by atoms with Gasteiger partial charge < -0.3 is 0 Å². The molecule has 0 saturated carbocycles. The Bertz CT molecular complexity index is 753. The summed E-state index contributed by atoms with van der Waals surface area (Å²) in [6, 6.07) is 8.64. The second-order valence-corrected chi connectivity index (χ2v) is 6.14. The fraction of sp³-hybridized carbons (Fsp3) is 0.188. The molecule has 0 aliphatic carbocycles. The highest BCUT2D eigenvalue weighted by Gasteiger charge is 2.30. The van der Waals surface area contributed by atoms with Crippen molar-refractivity contribution in [2.45, 2.75) is 18.5 Å². The first-order chi connectivity index (χ1) is 11.6. The minimum Gasteiger partial charge on any atom is -0.271 e. The fourth-order valence-corrected chi connectivity index (χ4v) is 2.68. The van der Waals surface area contributed by atoms with Crippen LogP contribution in [-0.2, 0) is 4.79 Å². The summed E-state index contributed by atoms with van der Waals surface area (Å²) < 4.78 is 0. The van der Waals surface area contributed by atoms with Gasteiger partial charge >= 0.3 is 0 Å². The summed E-state index contributed by atoms with van der Waals surface area (Å²) in [4.78, 5) is 16.1. The van der Waals surface area contributed by atoms with Gasteiger partial charge in [0.1, 0.15) is 6.04 Å². The number of nitrogens with one attached hydrogen (secondary N) is 3. The van der Waals surface area contributed by atoms with E-state index in [1.54, 1.807) is 36.8 Å². The molecule has 0 radical (unpaired) electrons. The van der Waals surface area contributed by atoms with Gasteiger partial charge in [0, 0.05) is 24.0 Å². The van der Waals surface area contributed by atoms with Crippen molar-refractivity contribution in [2.75, 3.05) is 0 Å². The number of hydrazone groups is 1. The maximum Gasteiger partial charge on any atom is 0.258 e. The number of rotatable bonds is 4. The Morgan fingerprint density at radius 2 is 2.17 bits per heavy atom. The SMILES string of the molecule is O=C(N/N=C\c1cccnc1)C1CC(c2ccc(Cl)c(Cl)c2)NN1. The van der Waals surface area contributed by atoms with Gasteiger partial charge in [0.15, 0.2) is 0 Å². The lowest BCUT2D eigenvalue weighted by Gasteiger charge is -2.10. The van der Waals surface area contributed by atoms with Gasteiger partial charge in [-0.1, -0.05) is 35.3 Å². The van der Waals surface area contributed by atoms with Gasteiger partial charge in [-0.3, -0.25) is 9.78 Å². The van der Waals surface area contributed by atoms with Crippen molar-refractivity contribution in [3.8, 4) is 0 Å². The summed E-state index contributed by atoms with van der Waals surface area (Å²) in [7, 11) is 0. The van der Waals surface area contributed by atoms with Gasteiger partial charge in [-0.25, -0.2) is 16.3 Å². The number of benzene rings is 1. The Morgan fingerprint density at radius 3 is 2.92 bits per heavy atom. The van der Waals surface area contributed by atoms with Gasteiger partial charge in [0.25, 0.3) is 5.91 Å². The zero-order valence-corrected chi connectivity index (χ0v) is 14.1. The Balaban J connectivity index is 1.56. The van der Waals surface area contributed by atoms with Crippen LogP contribution in [-0.4, -0.2) is 23.1 Å². The second-order valence-electron chi connectivity index (χ2n) is 5.32. The first kappa shape index (κ1) is 16.9. The molecule has 2 aromatic rings. The van der Waals surface area contributed by atoms with Crippen LogP contribution in [0.5, 0.6) is 0 Å². The zero-order valence-electron chi connectivity index (χ0n) is 12.5. The van der Waals surface area contributed by atoms with Crippen LogP contribution in [0.4, 0.5) is 0 Å². The minimum absolute atomic E-state index is 0.0298. The molecule has 1 aliphatic heterocycles. The number of hydrogen-bond acceptors (Lipinski definition) is 5. The summed E-state index contributed by atoms with van der Waals surface area (Å²) >= 11 is 12.0. The maximum atomic E-state index is 12.1. The molecule has 1 amide bonds. The first-order valence-corrected chi connectivity index (χ1v) is 8.08. The van der Waals surface area contributed by atoms with Gasteiger partial charge in [-0.05, 0) is 30.2 Å². The Morgan fingerprint density at radius 1 is 1.29 bits per heavy atom. The van der Waals surface area contributed by atoms with Crippen molar-refractivity contribution < 1.29 is 4.79 Å². The molecule has 2 unspecified atom stereocenters. The average Bonchev–Trinajstić information content (AvgIpc) is 3.08. The molecule has 124 valence electrons. The average molecular weight is 364 g/mol. The van der Waals surface area contributed by atoms with Crippen LogP contribution in [0.3, 0.4) is 0 Å². The number of halogens is 2. The van der Waals surface area contributed by atoms with Crippen molar-refractivity contribution in [1.29, 1.82) is 0 Å². The van der Waals surface area contributed by atoms with Gasteiger partial charge in [-0.15, -0.1) is 0 Å². The number of carbonyl (C=O) groups excluding carboxylic acids is 1. The van der Waals surface area contributed by atoms with Crippen LogP contribution in [0.2, 0.25) is 10.0 Å². The molecule has 8 heteroatoms. The molecule has 3 rings (SSSR count). The van der Waals surface area contributed by atoms with Crippen LogP contribution in [0, 0.1) is 0 Å². The molecule has 1 saturated heterocycles. The van der Waals surface area contributed by atoms with Crippen molar-refractivity contribution in [3.63, 3.8) is 0 Å². The second kappa shape index (κ2) is 7.72.